The number of hydrogen-bond donors (Lipinski definition) is 1. The molecule has 2 aromatic carbocycles. The SMILES string of the molecule is Cc1ccc(S(=O)(=O)c2[nH]c3ccccc3[c]2[Sn])cc1. The van der Waals surface area contributed by atoms with E-state index in [1.165, 1.54) is 0 Å². The van der Waals surface area contributed by atoms with Crippen molar-refractivity contribution in [3.05, 3.63) is 54.1 Å². The third kappa shape index (κ3) is 2.16. The number of aromatic nitrogens is 1. The van der Waals surface area contributed by atoms with Gasteiger partial charge in [-0.3, -0.25) is 0 Å². The van der Waals surface area contributed by atoms with Gasteiger partial charge in [-0.25, -0.2) is 0 Å². The van der Waals surface area contributed by atoms with Crippen LogP contribution in [0.15, 0.2) is 58.5 Å². The number of fused-ring (bicyclic) bond motifs is 1. The Bertz CT molecular complexity index is 880. The molecule has 3 aromatic rings. The summed E-state index contributed by atoms with van der Waals surface area (Å²) < 4.78 is 26.3. The molecule has 0 aliphatic heterocycles. The molecule has 3 nitrogen and oxygen atoms in total. The Balaban J connectivity index is 2.24. The first-order valence-corrected chi connectivity index (χ1v) is 9.05. The molecular formula is C15H12NO2SSn. The predicted molar refractivity (Wildman–Crippen MR) is 80.3 cm³/mol. The summed E-state index contributed by atoms with van der Waals surface area (Å²) in [7, 11) is -3.48. The summed E-state index contributed by atoms with van der Waals surface area (Å²) in [4.78, 5) is 3.38. The van der Waals surface area contributed by atoms with E-state index in [0.717, 1.165) is 42.6 Å². The van der Waals surface area contributed by atoms with Crippen LogP contribution < -0.4 is 3.58 Å². The van der Waals surface area contributed by atoms with Gasteiger partial charge in [0.1, 0.15) is 0 Å². The van der Waals surface area contributed by atoms with Gasteiger partial charge >= 0.3 is 131 Å². The molecule has 1 heterocycles. The summed E-state index contributed by atoms with van der Waals surface area (Å²) in [6.07, 6.45) is 0. The second-order valence-electron chi connectivity index (χ2n) is 4.69. The minimum atomic E-state index is -3.48. The first-order valence-electron chi connectivity index (χ1n) is 6.14. The molecule has 0 aliphatic carbocycles. The molecule has 0 amide bonds. The molecule has 3 rings (SSSR count). The molecule has 20 heavy (non-hydrogen) atoms. The fourth-order valence-electron chi connectivity index (χ4n) is 2.15. The molecule has 0 unspecified atom stereocenters. The number of sulfone groups is 1. The molecule has 0 bridgehead atoms. The Hall–Kier alpha value is -1.27. The summed E-state index contributed by atoms with van der Waals surface area (Å²) in [5, 5.41) is 1.30. The molecule has 1 N–H and O–H groups in total. The van der Waals surface area contributed by atoms with Gasteiger partial charge in [0, 0.05) is 0 Å². The van der Waals surface area contributed by atoms with Gasteiger partial charge in [0.2, 0.25) is 0 Å². The Morgan fingerprint density at radius 3 is 2.30 bits per heavy atom. The number of para-hydroxylation sites is 1. The van der Waals surface area contributed by atoms with Crippen LogP contribution in [0.2, 0.25) is 0 Å². The topological polar surface area (TPSA) is 49.9 Å². The van der Waals surface area contributed by atoms with E-state index in [2.05, 4.69) is 4.98 Å². The van der Waals surface area contributed by atoms with Crippen molar-refractivity contribution in [1.29, 1.82) is 0 Å². The van der Waals surface area contributed by atoms with Crippen LogP contribution in [0.5, 0.6) is 0 Å². The quantitative estimate of drug-likeness (QED) is 0.683. The van der Waals surface area contributed by atoms with Gasteiger partial charge < -0.3 is 0 Å². The van der Waals surface area contributed by atoms with Gasteiger partial charge in [-0.15, -0.1) is 0 Å². The van der Waals surface area contributed by atoms with E-state index in [1.54, 1.807) is 12.1 Å². The Kier molecular flexibility index (Phi) is 3.38. The Labute approximate surface area is 131 Å². The van der Waals surface area contributed by atoms with Crippen LogP contribution in [0.25, 0.3) is 10.9 Å². The van der Waals surface area contributed by atoms with Gasteiger partial charge in [-0.2, -0.15) is 0 Å². The molecule has 5 heteroatoms. The van der Waals surface area contributed by atoms with Crippen molar-refractivity contribution in [1.82, 2.24) is 4.98 Å². The maximum atomic E-state index is 12.7. The van der Waals surface area contributed by atoms with E-state index in [0.29, 0.717) is 9.92 Å². The fourth-order valence-corrected chi connectivity index (χ4v) is 5.46. The fraction of sp³-hybridized carbons (Fsp3) is 0.0667. The number of nitrogens with one attached hydrogen (secondary N) is 1. The van der Waals surface area contributed by atoms with E-state index >= 15 is 0 Å². The monoisotopic (exact) mass is 390 g/mol. The van der Waals surface area contributed by atoms with Gasteiger partial charge in [-0.05, 0) is 0 Å². The minimum absolute atomic E-state index is 0.320. The normalized spacial score (nSPS) is 11.9. The molecular weight excluding hydrogens is 377 g/mol. The van der Waals surface area contributed by atoms with E-state index < -0.39 is 9.84 Å². The molecule has 0 atom stereocenters. The Morgan fingerprint density at radius 1 is 1.00 bits per heavy atom. The van der Waals surface area contributed by atoms with Crippen LogP contribution in [0.4, 0.5) is 0 Å². The zero-order valence-electron chi connectivity index (χ0n) is 10.8. The number of rotatable bonds is 2. The van der Waals surface area contributed by atoms with Gasteiger partial charge in [0.15, 0.2) is 0 Å². The van der Waals surface area contributed by atoms with Gasteiger partial charge in [0.05, 0.1) is 0 Å². The molecule has 3 radical (unpaired) electrons. The van der Waals surface area contributed by atoms with Crippen molar-refractivity contribution in [2.75, 3.05) is 0 Å². The van der Waals surface area contributed by atoms with Crippen LogP contribution in [0.3, 0.4) is 0 Å². The van der Waals surface area contributed by atoms with Gasteiger partial charge in [-0.1, -0.05) is 0 Å². The molecule has 0 saturated carbocycles. The maximum absolute atomic E-state index is 12.7. The second kappa shape index (κ2) is 4.93. The van der Waals surface area contributed by atoms with Crippen LogP contribution in [-0.2, 0) is 9.84 Å². The second-order valence-corrected chi connectivity index (χ2v) is 8.00. The average Bonchev–Trinajstić information content (AvgIpc) is 2.78. The third-order valence-electron chi connectivity index (χ3n) is 3.27. The molecule has 1 aromatic heterocycles. The number of aryl methyl sites for hydroxylation is 1. The molecule has 0 saturated heterocycles. The number of hydrogen-bond acceptors (Lipinski definition) is 2. The van der Waals surface area contributed by atoms with Crippen molar-refractivity contribution >= 4 is 46.8 Å². The van der Waals surface area contributed by atoms with E-state index in [4.69, 9.17) is 0 Å². The average molecular weight is 389 g/mol. The van der Waals surface area contributed by atoms with Crippen molar-refractivity contribution in [2.24, 2.45) is 0 Å². The molecule has 0 fully saturated rings. The third-order valence-corrected chi connectivity index (χ3v) is 7.01. The molecule has 99 valence electrons. The summed E-state index contributed by atoms with van der Waals surface area (Å²) in [5.41, 5.74) is 1.91. The van der Waals surface area contributed by atoms with Gasteiger partial charge in [0.25, 0.3) is 0 Å². The standard InChI is InChI=1S/C15H12NO2S.Sn/c1-11-6-8-13(9-7-11)19(17,18)15-10-12-4-2-3-5-14(12)16-15;/h2-9,16H,1H3;. The van der Waals surface area contributed by atoms with Crippen molar-refractivity contribution in [3.63, 3.8) is 0 Å². The Morgan fingerprint density at radius 2 is 1.65 bits per heavy atom. The van der Waals surface area contributed by atoms with Crippen molar-refractivity contribution in [2.45, 2.75) is 16.8 Å². The summed E-state index contributed by atoms with van der Waals surface area (Å²) in [5.74, 6) is 0. The predicted octanol–water partition coefficient (Wildman–Crippen LogP) is 2.10. The van der Waals surface area contributed by atoms with E-state index in [1.807, 2.05) is 43.3 Å². The van der Waals surface area contributed by atoms with Crippen molar-refractivity contribution in [3.8, 4) is 0 Å². The zero-order chi connectivity index (χ0) is 14.3. The first-order chi connectivity index (χ1) is 9.50. The zero-order valence-corrected chi connectivity index (χ0v) is 14.5. The first kappa shape index (κ1) is 13.7. The summed E-state index contributed by atoms with van der Waals surface area (Å²) in [6, 6.07) is 14.6. The number of H-pyrrole nitrogens is 1. The van der Waals surface area contributed by atoms with Crippen LogP contribution >= 0.6 is 0 Å². The molecule has 0 aliphatic rings. The summed E-state index contributed by atoms with van der Waals surface area (Å²) >= 11 is 1.09. The van der Waals surface area contributed by atoms with Crippen molar-refractivity contribution < 1.29 is 8.42 Å². The van der Waals surface area contributed by atoms with E-state index in [-0.39, 0.29) is 0 Å². The number of aromatic amines is 1. The molecule has 0 spiro atoms. The van der Waals surface area contributed by atoms with Crippen LogP contribution in [0, 0.1) is 6.92 Å². The van der Waals surface area contributed by atoms with E-state index in [9.17, 15) is 8.42 Å². The summed E-state index contributed by atoms with van der Waals surface area (Å²) in [6.45, 7) is 1.94. The van der Waals surface area contributed by atoms with Crippen LogP contribution in [-0.4, -0.2) is 35.9 Å². The number of benzene rings is 2. The van der Waals surface area contributed by atoms with Crippen LogP contribution in [0.1, 0.15) is 5.56 Å².